The van der Waals surface area contributed by atoms with Gasteiger partial charge >= 0.3 is 0 Å². The van der Waals surface area contributed by atoms with Gasteiger partial charge in [0.1, 0.15) is 0 Å². The van der Waals surface area contributed by atoms with E-state index < -0.39 is 0 Å². The molecule has 2 N–H and O–H groups in total. The van der Waals surface area contributed by atoms with Gasteiger partial charge in [-0.05, 0) is 24.0 Å². The second kappa shape index (κ2) is 5.64. The quantitative estimate of drug-likeness (QED) is 0.852. The first-order valence-corrected chi connectivity index (χ1v) is 7.42. The molecular formula is C16H22N2O. The van der Waals surface area contributed by atoms with E-state index in [1.54, 1.807) is 0 Å². The first kappa shape index (κ1) is 12.5. The zero-order valence-corrected chi connectivity index (χ0v) is 11.3. The molecule has 0 spiro atoms. The summed E-state index contributed by atoms with van der Waals surface area (Å²) in [6.45, 7) is 1.74. The van der Waals surface area contributed by atoms with Gasteiger partial charge < -0.3 is 10.6 Å². The van der Waals surface area contributed by atoms with Gasteiger partial charge in [-0.15, -0.1) is 0 Å². The third-order valence-electron chi connectivity index (χ3n) is 4.47. The highest BCUT2D eigenvalue weighted by atomic mass is 16.1. The maximum Gasteiger partial charge on any atom is 0.220 e. The molecule has 1 aliphatic heterocycles. The van der Waals surface area contributed by atoms with Crippen molar-refractivity contribution in [3.8, 4) is 0 Å². The van der Waals surface area contributed by atoms with E-state index in [1.807, 2.05) is 12.1 Å². The molecule has 1 heterocycles. The van der Waals surface area contributed by atoms with Crippen LogP contribution < -0.4 is 10.6 Å². The molecule has 1 saturated carbocycles. The topological polar surface area (TPSA) is 41.1 Å². The monoisotopic (exact) mass is 258 g/mol. The molecule has 102 valence electrons. The van der Waals surface area contributed by atoms with Crippen LogP contribution in [0.25, 0.3) is 0 Å². The van der Waals surface area contributed by atoms with Gasteiger partial charge in [0, 0.05) is 31.1 Å². The first-order chi connectivity index (χ1) is 9.33. The van der Waals surface area contributed by atoms with Crippen molar-refractivity contribution in [1.82, 2.24) is 5.32 Å². The van der Waals surface area contributed by atoms with Crippen molar-refractivity contribution >= 4 is 11.6 Å². The van der Waals surface area contributed by atoms with Crippen molar-refractivity contribution in [3.05, 3.63) is 29.8 Å². The second-order valence-corrected chi connectivity index (χ2v) is 5.80. The van der Waals surface area contributed by atoms with Crippen molar-refractivity contribution in [3.63, 3.8) is 0 Å². The Morgan fingerprint density at radius 1 is 1.32 bits per heavy atom. The van der Waals surface area contributed by atoms with Crippen molar-refractivity contribution in [2.24, 2.45) is 5.92 Å². The van der Waals surface area contributed by atoms with E-state index in [4.69, 9.17) is 0 Å². The van der Waals surface area contributed by atoms with Gasteiger partial charge in [-0.25, -0.2) is 0 Å². The molecule has 1 unspecified atom stereocenters. The molecule has 3 nitrogen and oxygen atoms in total. The molecule has 1 amide bonds. The Morgan fingerprint density at radius 3 is 2.95 bits per heavy atom. The largest absolute Gasteiger partial charge is 0.384 e. The number of carbonyl (C=O) groups is 1. The summed E-state index contributed by atoms with van der Waals surface area (Å²) >= 11 is 0. The Kier molecular flexibility index (Phi) is 3.72. The van der Waals surface area contributed by atoms with E-state index in [0.717, 1.165) is 25.4 Å². The lowest BCUT2D eigenvalue weighted by molar-refractivity contribution is -0.121. The molecular weight excluding hydrogens is 236 g/mol. The molecule has 3 heteroatoms. The molecule has 1 aromatic rings. The molecule has 0 saturated heterocycles. The minimum atomic E-state index is 0.197. The average molecular weight is 258 g/mol. The number of rotatable bonds is 5. The van der Waals surface area contributed by atoms with Crippen molar-refractivity contribution < 1.29 is 4.79 Å². The molecule has 2 aliphatic rings. The molecule has 1 aliphatic carbocycles. The van der Waals surface area contributed by atoms with E-state index >= 15 is 0 Å². The fraction of sp³-hybridized carbons (Fsp3) is 0.562. The van der Waals surface area contributed by atoms with Gasteiger partial charge in [-0.3, -0.25) is 4.79 Å². The van der Waals surface area contributed by atoms with E-state index in [2.05, 4.69) is 22.8 Å². The number of carbonyl (C=O) groups excluding carboxylic acids is 1. The third-order valence-corrected chi connectivity index (χ3v) is 4.47. The van der Waals surface area contributed by atoms with Crippen molar-refractivity contribution in [1.29, 1.82) is 0 Å². The summed E-state index contributed by atoms with van der Waals surface area (Å²) in [7, 11) is 0. The summed E-state index contributed by atoms with van der Waals surface area (Å²) in [4.78, 5) is 12.0. The maximum absolute atomic E-state index is 12.0. The molecule has 1 fully saturated rings. The van der Waals surface area contributed by atoms with Gasteiger partial charge in [-0.1, -0.05) is 37.5 Å². The van der Waals surface area contributed by atoms with E-state index in [0.29, 0.717) is 12.3 Å². The lowest BCUT2D eigenvalue weighted by atomic mass is 9.83. The number of hydrogen-bond acceptors (Lipinski definition) is 2. The Morgan fingerprint density at radius 2 is 2.16 bits per heavy atom. The van der Waals surface area contributed by atoms with E-state index in [-0.39, 0.29) is 5.91 Å². The number of hydrogen-bond donors (Lipinski definition) is 2. The third kappa shape index (κ3) is 2.91. The minimum Gasteiger partial charge on any atom is -0.384 e. The predicted octanol–water partition coefficient (Wildman–Crippen LogP) is 2.89. The van der Waals surface area contributed by atoms with Crippen LogP contribution in [-0.4, -0.2) is 19.0 Å². The minimum absolute atomic E-state index is 0.197. The first-order valence-electron chi connectivity index (χ1n) is 7.42. The van der Waals surface area contributed by atoms with Crippen LogP contribution in [0.5, 0.6) is 0 Å². The van der Waals surface area contributed by atoms with Gasteiger partial charge in [0.2, 0.25) is 5.91 Å². The highest BCUT2D eigenvalue weighted by Gasteiger charge is 2.24. The Labute approximate surface area is 114 Å². The Bertz CT molecular complexity index is 454. The van der Waals surface area contributed by atoms with Crippen LogP contribution in [0.15, 0.2) is 24.3 Å². The van der Waals surface area contributed by atoms with Crippen LogP contribution in [0.3, 0.4) is 0 Å². The number of anilines is 1. The van der Waals surface area contributed by atoms with Crippen molar-refractivity contribution in [2.45, 2.75) is 38.0 Å². The number of nitrogens with one attached hydrogen (secondary N) is 2. The van der Waals surface area contributed by atoms with Crippen LogP contribution >= 0.6 is 0 Å². The zero-order chi connectivity index (χ0) is 13.1. The molecule has 1 aromatic carbocycles. The molecule has 0 aromatic heterocycles. The summed E-state index contributed by atoms with van der Waals surface area (Å²) in [6, 6.07) is 8.30. The van der Waals surface area contributed by atoms with Gasteiger partial charge in [0.15, 0.2) is 0 Å². The second-order valence-electron chi connectivity index (χ2n) is 5.80. The summed E-state index contributed by atoms with van der Waals surface area (Å²) in [5, 5.41) is 6.44. The van der Waals surface area contributed by atoms with Crippen LogP contribution in [0.2, 0.25) is 0 Å². The highest BCUT2D eigenvalue weighted by molar-refractivity contribution is 5.78. The summed E-state index contributed by atoms with van der Waals surface area (Å²) in [6.07, 6.45) is 5.86. The van der Waals surface area contributed by atoms with Gasteiger partial charge in [0.25, 0.3) is 0 Å². The summed E-state index contributed by atoms with van der Waals surface area (Å²) in [5.74, 6) is 1.40. The lowest BCUT2D eigenvalue weighted by Gasteiger charge is -2.25. The predicted molar refractivity (Wildman–Crippen MR) is 77.3 cm³/mol. The molecule has 1 atom stereocenters. The number of amides is 1. The summed E-state index contributed by atoms with van der Waals surface area (Å²) in [5.41, 5.74) is 2.48. The Hall–Kier alpha value is -1.51. The summed E-state index contributed by atoms with van der Waals surface area (Å²) < 4.78 is 0. The molecule has 0 bridgehead atoms. The number of benzene rings is 1. The molecule has 19 heavy (non-hydrogen) atoms. The molecule has 3 rings (SSSR count). The van der Waals surface area contributed by atoms with E-state index in [9.17, 15) is 4.79 Å². The van der Waals surface area contributed by atoms with Crippen LogP contribution in [0, 0.1) is 5.92 Å². The lowest BCUT2D eigenvalue weighted by Crippen LogP contribution is -2.28. The van der Waals surface area contributed by atoms with Gasteiger partial charge in [-0.2, -0.15) is 0 Å². The van der Waals surface area contributed by atoms with E-state index in [1.165, 1.54) is 30.5 Å². The zero-order valence-electron chi connectivity index (χ0n) is 11.3. The number of para-hydroxylation sites is 1. The number of fused-ring (bicyclic) bond motifs is 1. The smallest absolute Gasteiger partial charge is 0.220 e. The fourth-order valence-electron chi connectivity index (χ4n) is 3.03. The normalized spacial score (nSPS) is 21.4. The maximum atomic E-state index is 12.0. The average Bonchev–Trinajstić information content (AvgIpc) is 2.76. The van der Waals surface area contributed by atoms with Crippen molar-refractivity contribution in [2.75, 3.05) is 18.4 Å². The van der Waals surface area contributed by atoms with Crippen LogP contribution in [-0.2, 0) is 4.79 Å². The van der Waals surface area contributed by atoms with Gasteiger partial charge in [0.05, 0.1) is 0 Å². The Balaban J connectivity index is 1.45. The van der Waals surface area contributed by atoms with Crippen LogP contribution in [0.4, 0.5) is 5.69 Å². The van der Waals surface area contributed by atoms with Crippen LogP contribution in [0.1, 0.15) is 43.6 Å². The SMILES string of the molecule is O=C(CC1CNc2ccccc21)NCCC1CCC1. The fourth-order valence-corrected chi connectivity index (χ4v) is 3.03. The standard InChI is InChI=1S/C16H22N2O/c19-16(17-9-8-12-4-3-5-12)10-13-11-18-15-7-2-1-6-14(13)15/h1-2,6-7,12-13,18H,3-5,8-11H2,(H,17,19). The molecule has 0 radical (unpaired) electrons. The highest BCUT2D eigenvalue weighted by Crippen LogP contribution is 2.33.